The molecule has 0 amide bonds. The Bertz CT molecular complexity index is 131. The van der Waals surface area contributed by atoms with Crippen LogP contribution in [0.5, 0.6) is 0 Å². The van der Waals surface area contributed by atoms with Crippen LogP contribution in [0.3, 0.4) is 0 Å². The zero-order valence-electron chi connectivity index (χ0n) is 6.46. The lowest BCUT2D eigenvalue weighted by atomic mass is 10.6. The zero-order valence-corrected chi connectivity index (χ0v) is 9.73. The standard InChI is InChI=1S/C6H14S4.2CH4/c1-3-5-10(8)6-9(7)4-2;;/h3-6H2,1-2H3;2*1H4. The maximum atomic E-state index is 5.25. The highest BCUT2D eigenvalue weighted by molar-refractivity contribution is 8.39. The van der Waals surface area contributed by atoms with Crippen molar-refractivity contribution in [1.82, 2.24) is 0 Å². The van der Waals surface area contributed by atoms with Crippen molar-refractivity contribution < 1.29 is 0 Å². The van der Waals surface area contributed by atoms with Gasteiger partial charge in [0.2, 0.25) is 0 Å². The molecule has 0 radical (unpaired) electrons. The maximum absolute atomic E-state index is 5.25. The van der Waals surface area contributed by atoms with Crippen LogP contribution in [0.2, 0.25) is 0 Å². The van der Waals surface area contributed by atoms with E-state index in [1.54, 1.807) is 0 Å². The lowest BCUT2D eigenvalue weighted by molar-refractivity contribution is 1.11. The van der Waals surface area contributed by atoms with E-state index in [1.807, 2.05) is 0 Å². The van der Waals surface area contributed by atoms with E-state index in [0.29, 0.717) is 0 Å². The number of hydrogen-bond donors (Lipinski definition) is 0. The van der Waals surface area contributed by atoms with Crippen molar-refractivity contribution >= 4 is 41.3 Å². The van der Waals surface area contributed by atoms with Crippen LogP contribution < -0.4 is 0 Å². The predicted molar refractivity (Wildman–Crippen MR) is 73.5 cm³/mol. The molecule has 0 fully saturated rings. The van der Waals surface area contributed by atoms with Gasteiger partial charge in [-0.25, -0.2) is 0 Å². The molecular formula is C8H22S4. The molecule has 0 aliphatic rings. The van der Waals surface area contributed by atoms with Gasteiger partial charge in [-0.05, 0) is 17.9 Å². The van der Waals surface area contributed by atoms with Crippen LogP contribution in [0, 0.1) is 0 Å². The van der Waals surface area contributed by atoms with E-state index >= 15 is 0 Å². The van der Waals surface area contributed by atoms with Crippen LogP contribution in [-0.2, 0) is 41.3 Å². The molecule has 0 aliphatic carbocycles. The minimum Gasteiger partial charge on any atom is -0.111 e. The molecule has 0 aromatic carbocycles. The van der Waals surface area contributed by atoms with Crippen molar-refractivity contribution in [2.24, 2.45) is 0 Å². The van der Waals surface area contributed by atoms with Gasteiger partial charge >= 0.3 is 0 Å². The quantitative estimate of drug-likeness (QED) is 0.732. The number of rotatable bonds is 5. The van der Waals surface area contributed by atoms with E-state index < -0.39 is 0 Å². The number of hydrogen-bond acceptors (Lipinski definition) is 2. The van der Waals surface area contributed by atoms with Crippen molar-refractivity contribution in [2.45, 2.75) is 35.1 Å². The van der Waals surface area contributed by atoms with Crippen molar-refractivity contribution in [1.29, 1.82) is 0 Å². The Hall–Kier alpha value is 1.14. The Balaban J connectivity index is -0.000000405. The van der Waals surface area contributed by atoms with E-state index in [-0.39, 0.29) is 33.8 Å². The maximum Gasteiger partial charge on any atom is 0.0484 e. The largest absolute Gasteiger partial charge is 0.111 e. The summed E-state index contributed by atoms with van der Waals surface area (Å²) in [6.45, 7) is 4.33. The monoisotopic (exact) mass is 246 g/mol. The Morgan fingerprint density at radius 1 is 1.00 bits per heavy atom. The Kier molecular flexibility index (Phi) is 19.1. The molecular weight excluding hydrogens is 224 g/mol. The Morgan fingerprint density at radius 2 is 1.50 bits per heavy atom. The van der Waals surface area contributed by atoms with E-state index in [2.05, 4.69) is 13.8 Å². The molecule has 12 heavy (non-hydrogen) atoms. The first kappa shape index (κ1) is 18.8. The SMILES string of the molecule is C.C.CCCS(=S)CS(=S)CC. The second-order valence-corrected chi connectivity index (χ2v) is 8.51. The van der Waals surface area contributed by atoms with Gasteiger partial charge in [0.1, 0.15) is 0 Å². The smallest absolute Gasteiger partial charge is 0.0484 e. The molecule has 2 unspecified atom stereocenters. The fourth-order valence-corrected chi connectivity index (χ4v) is 6.42. The van der Waals surface area contributed by atoms with E-state index in [9.17, 15) is 0 Å². The van der Waals surface area contributed by atoms with Crippen LogP contribution in [0.1, 0.15) is 35.1 Å². The molecule has 4 heteroatoms. The Labute approximate surface area is 92.7 Å². The van der Waals surface area contributed by atoms with Crippen LogP contribution >= 0.6 is 0 Å². The molecule has 0 nitrogen and oxygen atoms in total. The molecule has 0 aromatic rings. The second-order valence-electron chi connectivity index (χ2n) is 1.99. The van der Waals surface area contributed by atoms with Crippen LogP contribution in [-0.4, -0.2) is 16.6 Å². The summed E-state index contributed by atoms with van der Waals surface area (Å²) in [5, 5.41) is 1.11. The second kappa shape index (κ2) is 12.1. The van der Waals surface area contributed by atoms with Gasteiger partial charge < -0.3 is 0 Å². The molecule has 0 bridgehead atoms. The summed E-state index contributed by atoms with van der Waals surface area (Å²) in [6.07, 6.45) is 1.21. The van der Waals surface area contributed by atoms with Gasteiger partial charge in [0.15, 0.2) is 0 Å². The van der Waals surface area contributed by atoms with Gasteiger partial charge in [-0.15, -0.1) is 18.9 Å². The van der Waals surface area contributed by atoms with Crippen molar-refractivity contribution in [2.75, 3.05) is 16.6 Å². The first-order chi connectivity index (χ1) is 4.70. The zero-order chi connectivity index (χ0) is 7.98. The molecule has 0 aromatic heterocycles. The summed E-state index contributed by atoms with van der Waals surface area (Å²) in [6, 6.07) is 0. The molecule has 0 saturated carbocycles. The highest BCUT2D eigenvalue weighted by atomic mass is 32.9. The van der Waals surface area contributed by atoms with Gasteiger partial charge in [-0.2, -0.15) is 0 Å². The molecule has 0 saturated heterocycles. The minimum atomic E-state index is 0. The van der Waals surface area contributed by atoms with Crippen molar-refractivity contribution in [3.63, 3.8) is 0 Å². The Morgan fingerprint density at radius 3 is 1.83 bits per heavy atom. The summed E-state index contributed by atoms with van der Waals surface area (Å²) >= 11 is 10.4. The van der Waals surface area contributed by atoms with Gasteiger partial charge in [0.05, 0.1) is 0 Å². The average molecular weight is 247 g/mol. The normalized spacial score (nSPS) is 13.8. The van der Waals surface area contributed by atoms with E-state index in [4.69, 9.17) is 22.4 Å². The summed E-state index contributed by atoms with van der Waals surface area (Å²) in [7, 11) is 0.374. The molecule has 0 heterocycles. The molecule has 0 rings (SSSR count). The van der Waals surface area contributed by atoms with Crippen LogP contribution in [0.4, 0.5) is 0 Å². The highest BCUT2D eigenvalue weighted by Crippen LogP contribution is 1.92. The van der Waals surface area contributed by atoms with Crippen LogP contribution in [0.15, 0.2) is 0 Å². The lowest BCUT2D eigenvalue weighted by Gasteiger charge is -2.03. The minimum absolute atomic E-state index is 0. The molecule has 2 atom stereocenters. The van der Waals surface area contributed by atoms with Gasteiger partial charge in [-0.1, -0.05) is 51.1 Å². The van der Waals surface area contributed by atoms with Crippen molar-refractivity contribution in [3.05, 3.63) is 0 Å². The molecule has 0 aliphatic heterocycles. The summed E-state index contributed by atoms with van der Waals surface area (Å²) < 4.78 is 0. The average Bonchev–Trinajstić information content (AvgIpc) is 1.88. The fraction of sp³-hybridized carbons (Fsp3) is 1.00. The first-order valence-electron chi connectivity index (χ1n) is 3.40. The molecule has 0 spiro atoms. The first-order valence-corrected chi connectivity index (χ1v) is 8.38. The van der Waals surface area contributed by atoms with Gasteiger partial charge in [-0.3, -0.25) is 0 Å². The van der Waals surface area contributed by atoms with Gasteiger partial charge in [0.25, 0.3) is 0 Å². The summed E-state index contributed by atoms with van der Waals surface area (Å²) in [5.74, 6) is 2.31. The van der Waals surface area contributed by atoms with Crippen LogP contribution in [0.25, 0.3) is 0 Å². The fourth-order valence-electron chi connectivity index (χ4n) is 0.517. The van der Waals surface area contributed by atoms with E-state index in [0.717, 1.165) is 10.8 Å². The topological polar surface area (TPSA) is 0 Å². The van der Waals surface area contributed by atoms with E-state index in [1.165, 1.54) is 12.2 Å². The summed E-state index contributed by atoms with van der Waals surface area (Å²) in [5.41, 5.74) is 0. The lowest BCUT2D eigenvalue weighted by Crippen LogP contribution is -2.06. The third kappa shape index (κ3) is 11.1. The summed E-state index contributed by atoms with van der Waals surface area (Å²) in [4.78, 5) is 0. The molecule has 78 valence electrons. The third-order valence-electron chi connectivity index (χ3n) is 1.02. The highest BCUT2D eigenvalue weighted by Gasteiger charge is 1.95. The van der Waals surface area contributed by atoms with Crippen molar-refractivity contribution in [3.8, 4) is 0 Å². The molecule has 0 N–H and O–H groups in total. The van der Waals surface area contributed by atoms with Gasteiger partial charge in [0, 0.05) is 5.08 Å². The predicted octanol–water partition coefficient (Wildman–Crippen LogP) is 2.81. The third-order valence-corrected chi connectivity index (χ3v) is 7.57.